The van der Waals surface area contributed by atoms with Crippen LogP contribution in [0.15, 0.2) is 41.5 Å². The molecule has 0 amide bonds. The molecule has 2 rings (SSSR count). The fraction of sp³-hybridized carbons (Fsp3) is 0.412. The lowest BCUT2D eigenvalue weighted by molar-refractivity contribution is 0.281. The molecule has 5 nitrogen and oxygen atoms in total. The smallest absolute Gasteiger partial charge is 0.193 e. The highest BCUT2D eigenvalue weighted by atomic mass is 32.1. The molecule has 124 valence electrons. The largest absolute Gasteiger partial charge is 0.492 e. The third kappa shape index (κ3) is 5.90. The van der Waals surface area contributed by atoms with E-state index in [1.54, 1.807) is 18.4 Å². The maximum atomic E-state index is 5.72. The van der Waals surface area contributed by atoms with Gasteiger partial charge < -0.3 is 15.0 Å². The predicted octanol–water partition coefficient (Wildman–Crippen LogP) is 2.58. The summed E-state index contributed by atoms with van der Waals surface area (Å²) in [4.78, 5) is 12.0. The molecule has 0 fully saturated rings. The van der Waals surface area contributed by atoms with Crippen LogP contribution in [0.3, 0.4) is 0 Å². The number of hydrogen-bond donors (Lipinski definition) is 1. The van der Waals surface area contributed by atoms with Gasteiger partial charge in [-0.05, 0) is 19.1 Å². The van der Waals surface area contributed by atoms with Gasteiger partial charge in [0.25, 0.3) is 0 Å². The molecule has 0 bridgehead atoms. The number of hydrogen-bond acceptors (Lipinski definition) is 4. The Morgan fingerprint density at radius 2 is 2.13 bits per heavy atom. The van der Waals surface area contributed by atoms with E-state index >= 15 is 0 Å². The molecule has 1 aromatic carbocycles. The van der Waals surface area contributed by atoms with E-state index in [0.717, 1.165) is 36.2 Å². The van der Waals surface area contributed by atoms with Gasteiger partial charge in [-0.25, -0.2) is 4.98 Å². The van der Waals surface area contributed by atoms with E-state index in [-0.39, 0.29) is 0 Å². The number of nitrogens with one attached hydrogen (secondary N) is 1. The molecule has 1 heterocycles. The Morgan fingerprint density at radius 1 is 1.35 bits per heavy atom. The molecule has 0 aliphatic carbocycles. The van der Waals surface area contributed by atoms with Crippen molar-refractivity contribution in [2.45, 2.75) is 13.3 Å². The molecule has 0 atom stereocenters. The number of aromatic nitrogens is 1. The fourth-order valence-corrected chi connectivity index (χ4v) is 2.89. The van der Waals surface area contributed by atoms with Gasteiger partial charge in [0.05, 0.1) is 11.6 Å². The molecule has 0 unspecified atom stereocenters. The zero-order chi connectivity index (χ0) is 16.5. The summed E-state index contributed by atoms with van der Waals surface area (Å²) in [5, 5.41) is 4.52. The molecule has 0 saturated carbocycles. The molecular formula is C17H24N4OS. The highest BCUT2D eigenvalue weighted by Crippen LogP contribution is 2.11. The first kappa shape index (κ1) is 17.3. The second-order valence-electron chi connectivity index (χ2n) is 5.17. The Morgan fingerprint density at radius 3 is 2.78 bits per heavy atom. The third-order valence-corrected chi connectivity index (χ3v) is 4.28. The van der Waals surface area contributed by atoms with Crippen molar-refractivity contribution in [3.63, 3.8) is 0 Å². The van der Waals surface area contributed by atoms with Crippen molar-refractivity contribution in [1.29, 1.82) is 0 Å². The summed E-state index contributed by atoms with van der Waals surface area (Å²) in [5.74, 6) is 1.76. The molecule has 1 N–H and O–H groups in total. The number of rotatable bonds is 7. The Hall–Kier alpha value is -2.08. The molecule has 23 heavy (non-hydrogen) atoms. The Kier molecular flexibility index (Phi) is 6.87. The average Bonchev–Trinajstić information content (AvgIpc) is 2.98. The molecule has 0 radical (unpaired) electrons. The minimum Gasteiger partial charge on any atom is -0.492 e. The summed E-state index contributed by atoms with van der Waals surface area (Å²) < 4.78 is 5.72. The number of aryl methyl sites for hydroxylation is 1. The number of para-hydroxylation sites is 1. The number of guanidine groups is 1. The standard InChI is InChI=1S/C17H24N4OS/c1-14-13-20-16(23-14)9-10-19-17(18-2)21(3)11-12-22-15-7-5-4-6-8-15/h4-8,13H,9-12H2,1-3H3,(H,18,19). The summed E-state index contributed by atoms with van der Waals surface area (Å²) in [6, 6.07) is 9.85. The molecular weight excluding hydrogens is 308 g/mol. The molecule has 0 spiro atoms. The highest BCUT2D eigenvalue weighted by Gasteiger charge is 2.06. The van der Waals surface area contributed by atoms with Crippen LogP contribution in [-0.2, 0) is 6.42 Å². The van der Waals surface area contributed by atoms with Crippen molar-refractivity contribution in [1.82, 2.24) is 15.2 Å². The Labute approximate surface area is 142 Å². The van der Waals surface area contributed by atoms with Crippen molar-refractivity contribution in [2.24, 2.45) is 4.99 Å². The molecule has 6 heteroatoms. The van der Waals surface area contributed by atoms with Crippen molar-refractivity contribution >= 4 is 17.3 Å². The molecule has 0 aliphatic rings. The Bertz CT molecular complexity index is 612. The van der Waals surface area contributed by atoms with E-state index in [4.69, 9.17) is 4.74 Å². The predicted molar refractivity (Wildman–Crippen MR) is 96.5 cm³/mol. The zero-order valence-electron chi connectivity index (χ0n) is 14.0. The van der Waals surface area contributed by atoms with Gasteiger partial charge in [-0.1, -0.05) is 18.2 Å². The molecule has 0 saturated heterocycles. The van der Waals surface area contributed by atoms with E-state index in [0.29, 0.717) is 6.61 Å². The van der Waals surface area contributed by atoms with Gasteiger partial charge in [0.2, 0.25) is 0 Å². The van der Waals surface area contributed by atoms with Gasteiger partial charge in [0, 0.05) is 38.1 Å². The van der Waals surface area contributed by atoms with Gasteiger partial charge in [-0.2, -0.15) is 0 Å². The van der Waals surface area contributed by atoms with Crippen LogP contribution in [0.1, 0.15) is 9.88 Å². The number of benzene rings is 1. The van der Waals surface area contributed by atoms with Gasteiger partial charge in [-0.15, -0.1) is 11.3 Å². The lowest BCUT2D eigenvalue weighted by Gasteiger charge is -2.22. The number of nitrogens with zero attached hydrogens (tertiary/aromatic N) is 3. The monoisotopic (exact) mass is 332 g/mol. The number of aliphatic imine (C=N–C) groups is 1. The number of ether oxygens (including phenoxy) is 1. The van der Waals surface area contributed by atoms with Crippen LogP contribution in [0.2, 0.25) is 0 Å². The van der Waals surface area contributed by atoms with Gasteiger partial charge >= 0.3 is 0 Å². The van der Waals surface area contributed by atoms with Crippen molar-refractivity contribution < 1.29 is 4.74 Å². The summed E-state index contributed by atoms with van der Waals surface area (Å²) in [6.45, 7) is 4.29. The maximum absolute atomic E-state index is 5.72. The van der Waals surface area contributed by atoms with Gasteiger partial charge in [-0.3, -0.25) is 4.99 Å². The van der Waals surface area contributed by atoms with Crippen LogP contribution in [0, 0.1) is 6.92 Å². The van der Waals surface area contributed by atoms with Crippen LogP contribution in [0.5, 0.6) is 5.75 Å². The van der Waals surface area contributed by atoms with E-state index in [9.17, 15) is 0 Å². The van der Waals surface area contributed by atoms with Crippen LogP contribution in [-0.4, -0.2) is 49.6 Å². The van der Waals surface area contributed by atoms with Crippen LogP contribution in [0.25, 0.3) is 0 Å². The quantitative estimate of drug-likeness (QED) is 0.625. The van der Waals surface area contributed by atoms with Crippen molar-refractivity contribution in [3.8, 4) is 5.75 Å². The maximum Gasteiger partial charge on any atom is 0.193 e. The van der Waals surface area contributed by atoms with Crippen molar-refractivity contribution in [3.05, 3.63) is 46.4 Å². The van der Waals surface area contributed by atoms with Gasteiger partial charge in [0.1, 0.15) is 12.4 Å². The van der Waals surface area contributed by atoms with E-state index in [2.05, 4.69) is 27.1 Å². The molecule has 0 aliphatic heterocycles. The summed E-state index contributed by atoms with van der Waals surface area (Å²) in [5.41, 5.74) is 0. The normalized spacial score (nSPS) is 11.3. The van der Waals surface area contributed by atoms with Crippen LogP contribution >= 0.6 is 11.3 Å². The lowest BCUT2D eigenvalue weighted by Crippen LogP contribution is -2.41. The first-order valence-electron chi connectivity index (χ1n) is 7.70. The second kappa shape index (κ2) is 9.15. The minimum atomic E-state index is 0.618. The number of likely N-dealkylation sites (N-methyl/N-ethyl adjacent to an activating group) is 1. The van der Waals surface area contributed by atoms with Gasteiger partial charge in [0.15, 0.2) is 5.96 Å². The Balaban J connectivity index is 1.69. The first-order valence-corrected chi connectivity index (χ1v) is 8.51. The third-order valence-electron chi connectivity index (χ3n) is 3.30. The summed E-state index contributed by atoms with van der Waals surface area (Å²) in [6.07, 6.45) is 2.83. The SMILES string of the molecule is CN=C(NCCc1ncc(C)s1)N(C)CCOc1ccccc1. The summed E-state index contributed by atoms with van der Waals surface area (Å²) in [7, 11) is 3.81. The van der Waals surface area contributed by atoms with E-state index < -0.39 is 0 Å². The van der Waals surface area contributed by atoms with E-state index in [1.165, 1.54) is 4.88 Å². The average molecular weight is 332 g/mol. The van der Waals surface area contributed by atoms with Crippen LogP contribution < -0.4 is 10.1 Å². The van der Waals surface area contributed by atoms with Crippen LogP contribution in [0.4, 0.5) is 0 Å². The summed E-state index contributed by atoms with van der Waals surface area (Å²) >= 11 is 1.74. The first-order chi connectivity index (χ1) is 11.2. The lowest BCUT2D eigenvalue weighted by atomic mass is 10.3. The van der Waals surface area contributed by atoms with Crippen molar-refractivity contribution in [2.75, 3.05) is 33.8 Å². The molecule has 1 aromatic heterocycles. The molecule has 2 aromatic rings. The highest BCUT2D eigenvalue weighted by molar-refractivity contribution is 7.11. The van der Waals surface area contributed by atoms with E-state index in [1.807, 2.05) is 43.6 Å². The topological polar surface area (TPSA) is 49.8 Å². The fourth-order valence-electron chi connectivity index (χ4n) is 2.11. The zero-order valence-corrected chi connectivity index (χ0v) is 14.8. The minimum absolute atomic E-state index is 0.618. The second-order valence-corrected chi connectivity index (χ2v) is 6.49. The number of thiazole rings is 1.